The van der Waals surface area contributed by atoms with Gasteiger partial charge in [-0.2, -0.15) is 0 Å². The van der Waals surface area contributed by atoms with Crippen molar-refractivity contribution in [2.75, 3.05) is 13.7 Å². The summed E-state index contributed by atoms with van der Waals surface area (Å²) in [5.74, 6) is -1.16. The lowest BCUT2D eigenvalue weighted by molar-refractivity contribution is -0.151. The van der Waals surface area contributed by atoms with Crippen molar-refractivity contribution in [3.05, 3.63) is 0 Å². The number of methoxy groups -OCH3 is 1. The fourth-order valence-electron chi connectivity index (χ4n) is 1.52. The minimum Gasteiger partial charge on any atom is -0.463 e. The van der Waals surface area contributed by atoms with Gasteiger partial charge in [0, 0.05) is 12.5 Å². The van der Waals surface area contributed by atoms with Crippen LogP contribution in [0.15, 0.2) is 0 Å². The first kappa shape index (κ1) is 10.2. The molecule has 1 aliphatic heterocycles. The van der Waals surface area contributed by atoms with Crippen LogP contribution in [0.4, 0.5) is 0 Å². The number of ether oxygens (including phenoxy) is 1. The largest absolute Gasteiger partial charge is 0.463 e. The molecule has 0 radical (unpaired) electrons. The zero-order valence-corrected chi connectivity index (χ0v) is 7.84. The Hall–Kier alpha value is -0.900. The number of esters is 1. The summed E-state index contributed by atoms with van der Waals surface area (Å²) in [6.07, 6.45) is 3.53. The van der Waals surface area contributed by atoms with Crippen molar-refractivity contribution in [3.8, 4) is 0 Å². The third kappa shape index (κ3) is 3.14. The summed E-state index contributed by atoms with van der Waals surface area (Å²) >= 11 is 0. The Morgan fingerprint density at radius 2 is 2.23 bits per heavy atom. The van der Waals surface area contributed by atoms with Crippen molar-refractivity contribution in [1.29, 1.82) is 0 Å². The standard InChI is InChI=1S/C9H15NO3/c1-13-9(12)8(11)6-7-4-2-3-5-10-7/h7,10H,2-6H2,1H3. The zero-order chi connectivity index (χ0) is 9.68. The molecule has 1 atom stereocenters. The van der Waals surface area contributed by atoms with Crippen LogP contribution in [0, 0.1) is 0 Å². The van der Waals surface area contributed by atoms with E-state index in [1.54, 1.807) is 0 Å². The van der Waals surface area contributed by atoms with Crippen molar-refractivity contribution in [2.45, 2.75) is 31.7 Å². The number of Topliss-reactive ketones (excluding diaryl/α,β-unsaturated/α-hetero) is 1. The molecule has 1 heterocycles. The molecule has 0 saturated carbocycles. The van der Waals surface area contributed by atoms with Crippen LogP contribution >= 0.6 is 0 Å². The molecular weight excluding hydrogens is 170 g/mol. The van der Waals surface area contributed by atoms with E-state index in [2.05, 4.69) is 10.1 Å². The molecule has 1 N–H and O–H groups in total. The first-order valence-corrected chi connectivity index (χ1v) is 4.58. The average Bonchev–Trinajstić information content (AvgIpc) is 2.18. The van der Waals surface area contributed by atoms with E-state index in [1.807, 2.05) is 0 Å². The molecule has 4 nitrogen and oxygen atoms in total. The van der Waals surface area contributed by atoms with Crippen LogP contribution in [0.3, 0.4) is 0 Å². The number of carbonyl (C=O) groups excluding carboxylic acids is 2. The maximum absolute atomic E-state index is 11.1. The van der Waals surface area contributed by atoms with Crippen LogP contribution in [-0.2, 0) is 14.3 Å². The number of nitrogens with one attached hydrogen (secondary N) is 1. The van der Waals surface area contributed by atoms with E-state index in [-0.39, 0.29) is 12.5 Å². The van der Waals surface area contributed by atoms with Gasteiger partial charge in [-0.05, 0) is 19.4 Å². The maximum atomic E-state index is 11.1. The third-order valence-corrected chi connectivity index (χ3v) is 2.26. The van der Waals surface area contributed by atoms with Crippen LogP contribution in [0.1, 0.15) is 25.7 Å². The van der Waals surface area contributed by atoms with E-state index in [1.165, 1.54) is 7.11 Å². The van der Waals surface area contributed by atoms with Crippen molar-refractivity contribution >= 4 is 11.8 Å². The molecule has 1 fully saturated rings. The molecule has 1 unspecified atom stereocenters. The fraction of sp³-hybridized carbons (Fsp3) is 0.778. The lowest BCUT2D eigenvalue weighted by Crippen LogP contribution is -2.37. The van der Waals surface area contributed by atoms with Crippen molar-refractivity contribution in [3.63, 3.8) is 0 Å². The Bertz CT molecular complexity index is 197. The molecule has 1 saturated heterocycles. The van der Waals surface area contributed by atoms with Gasteiger partial charge in [0.25, 0.3) is 0 Å². The topological polar surface area (TPSA) is 55.4 Å². The van der Waals surface area contributed by atoms with Crippen LogP contribution in [0.25, 0.3) is 0 Å². The smallest absolute Gasteiger partial charge is 0.374 e. The molecular formula is C9H15NO3. The van der Waals surface area contributed by atoms with Crippen LogP contribution < -0.4 is 5.32 Å². The zero-order valence-electron chi connectivity index (χ0n) is 7.84. The normalized spacial score (nSPS) is 22.4. The Balaban J connectivity index is 2.30. The Morgan fingerprint density at radius 3 is 2.77 bits per heavy atom. The lowest BCUT2D eigenvalue weighted by Gasteiger charge is -2.22. The molecule has 0 aliphatic carbocycles. The second kappa shape index (κ2) is 4.97. The van der Waals surface area contributed by atoms with Crippen molar-refractivity contribution < 1.29 is 14.3 Å². The molecule has 0 aromatic carbocycles. The summed E-state index contributed by atoms with van der Waals surface area (Å²) in [7, 11) is 1.23. The molecule has 4 heteroatoms. The van der Waals surface area contributed by atoms with Gasteiger partial charge in [-0.25, -0.2) is 4.79 Å². The Kier molecular flexibility index (Phi) is 3.89. The van der Waals surface area contributed by atoms with Crippen molar-refractivity contribution in [2.24, 2.45) is 0 Å². The quantitative estimate of drug-likeness (QED) is 0.506. The van der Waals surface area contributed by atoms with Gasteiger partial charge in [0.2, 0.25) is 5.78 Å². The molecule has 0 amide bonds. The Morgan fingerprint density at radius 1 is 1.46 bits per heavy atom. The SMILES string of the molecule is COC(=O)C(=O)CC1CCCCN1. The van der Waals surface area contributed by atoms with Gasteiger partial charge >= 0.3 is 5.97 Å². The third-order valence-electron chi connectivity index (χ3n) is 2.26. The summed E-state index contributed by atoms with van der Waals surface area (Å²) < 4.78 is 4.34. The number of ketones is 1. The molecule has 0 aromatic heterocycles. The van der Waals surface area contributed by atoms with E-state index in [9.17, 15) is 9.59 Å². The molecule has 0 spiro atoms. The van der Waals surface area contributed by atoms with E-state index in [0.29, 0.717) is 0 Å². The van der Waals surface area contributed by atoms with Gasteiger partial charge in [-0.15, -0.1) is 0 Å². The first-order valence-electron chi connectivity index (χ1n) is 4.58. The van der Waals surface area contributed by atoms with Crippen molar-refractivity contribution in [1.82, 2.24) is 5.32 Å². The fourth-order valence-corrected chi connectivity index (χ4v) is 1.52. The first-order chi connectivity index (χ1) is 6.24. The molecule has 1 aliphatic rings. The summed E-state index contributed by atoms with van der Waals surface area (Å²) in [5.41, 5.74) is 0. The number of hydrogen-bond donors (Lipinski definition) is 1. The average molecular weight is 185 g/mol. The van der Waals surface area contributed by atoms with Gasteiger partial charge in [0.05, 0.1) is 7.11 Å². The van der Waals surface area contributed by atoms with Gasteiger partial charge in [-0.1, -0.05) is 6.42 Å². The predicted octanol–water partition coefficient (Wildman–Crippen LogP) is 0.261. The highest BCUT2D eigenvalue weighted by molar-refractivity contribution is 6.33. The minimum atomic E-state index is -0.729. The summed E-state index contributed by atoms with van der Waals surface area (Å²) in [6.45, 7) is 0.944. The summed E-state index contributed by atoms with van der Waals surface area (Å²) in [6, 6.07) is 0.167. The number of piperidine rings is 1. The van der Waals surface area contributed by atoms with Gasteiger partial charge in [0.1, 0.15) is 0 Å². The van der Waals surface area contributed by atoms with Crippen LogP contribution in [0.2, 0.25) is 0 Å². The van der Waals surface area contributed by atoms with E-state index >= 15 is 0 Å². The maximum Gasteiger partial charge on any atom is 0.374 e. The molecule has 0 aromatic rings. The molecule has 1 rings (SSSR count). The molecule has 0 bridgehead atoms. The number of carbonyl (C=O) groups is 2. The van der Waals surface area contributed by atoms with Crippen LogP contribution in [0.5, 0.6) is 0 Å². The van der Waals surface area contributed by atoms with E-state index in [4.69, 9.17) is 0 Å². The summed E-state index contributed by atoms with van der Waals surface area (Å²) in [5, 5.41) is 3.20. The highest BCUT2D eigenvalue weighted by Gasteiger charge is 2.21. The highest BCUT2D eigenvalue weighted by atomic mass is 16.5. The molecule has 13 heavy (non-hydrogen) atoms. The van der Waals surface area contributed by atoms with E-state index in [0.717, 1.165) is 25.8 Å². The van der Waals surface area contributed by atoms with Gasteiger partial charge in [0.15, 0.2) is 0 Å². The predicted molar refractivity (Wildman–Crippen MR) is 47.3 cm³/mol. The number of hydrogen-bond acceptors (Lipinski definition) is 4. The van der Waals surface area contributed by atoms with Crippen LogP contribution in [-0.4, -0.2) is 31.4 Å². The Labute approximate surface area is 77.6 Å². The lowest BCUT2D eigenvalue weighted by atomic mass is 10.0. The van der Waals surface area contributed by atoms with E-state index < -0.39 is 11.8 Å². The monoisotopic (exact) mass is 185 g/mol. The second-order valence-corrected chi connectivity index (χ2v) is 3.27. The minimum absolute atomic E-state index is 0.167. The second-order valence-electron chi connectivity index (χ2n) is 3.27. The number of rotatable bonds is 3. The molecule has 74 valence electrons. The highest BCUT2D eigenvalue weighted by Crippen LogP contribution is 2.10. The van der Waals surface area contributed by atoms with Gasteiger partial charge in [-0.3, -0.25) is 4.79 Å². The summed E-state index contributed by atoms with van der Waals surface area (Å²) in [4.78, 5) is 21.9. The van der Waals surface area contributed by atoms with Gasteiger partial charge < -0.3 is 10.1 Å².